The summed E-state index contributed by atoms with van der Waals surface area (Å²) >= 11 is 0. The summed E-state index contributed by atoms with van der Waals surface area (Å²) in [5.41, 5.74) is 1.91. The van der Waals surface area contributed by atoms with Crippen LogP contribution in [0.15, 0.2) is 114 Å². The Labute approximate surface area is 264 Å². The minimum atomic E-state index is -4.22. The summed E-state index contributed by atoms with van der Waals surface area (Å²) in [6, 6.07) is 30.5. The van der Waals surface area contributed by atoms with Gasteiger partial charge in [0.15, 0.2) is 11.5 Å². The number of fused-ring (bicyclic) bond motifs is 1. The first-order chi connectivity index (χ1) is 21.7. The van der Waals surface area contributed by atoms with E-state index in [1.165, 1.54) is 17.0 Å². The minimum Gasteiger partial charge on any atom is -0.486 e. The summed E-state index contributed by atoms with van der Waals surface area (Å²) in [5, 5.41) is 2.96. The van der Waals surface area contributed by atoms with Gasteiger partial charge in [0.1, 0.15) is 25.8 Å². The molecule has 0 saturated carbocycles. The molecule has 0 bridgehead atoms. The lowest BCUT2D eigenvalue weighted by Gasteiger charge is -2.34. The number of benzene rings is 4. The van der Waals surface area contributed by atoms with E-state index >= 15 is 0 Å². The summed E-state index contributed by atoms with van der Waals surface area (Å²) in [5.74, 6) is 0.0225. The number of ether oxygens (including phenoxy) is 2. The van der Waals surface area contributed by atoms with Crippen LogP contribution in [0.4, 0.5) is 5.69 Å². The van der Waals surface area contributed by atoms with E-state index in [1.54, 1.807) is 36.4 Å². The van der Waals surface area contributed by atoms with Crippen molar-refractivity contribution in [3.63, 3.8) is 0 Å². The molecule has 2 amide bonds. The molecule has 0 spiro atoms. The summed E-state index contributed by atoms with van der Waals surface area (Å²) in [7, 11) is -4.22. The fraction of sp³-hybridized carbons (Fsp3) is 0.257. The molecule has 1 aliphatic rings. The third-order valence-corrected chi connectivity index (χ3v) is 9.11. The molecule has 9 nitrogen and oxygen atoms in total. The fourth-order valence-corrected chi connectivity index (χ4v) is 6.58. The highest BCUT2D eigenvalue weighted by Gasteiger charge is 2.35. The largest absolute Gasteiger partial charge is 0.486 e. The lowest BCUT2D eigenvalue weighted by molar-refractivity contribution is -0.140. The van der Waals surface area contributed by atoms with Gasteiger partial charge in [0, 0.05) is 25.1 Å². The Bertz CT molecular complexity index is 1700. The average molecular weight is 628 g/mol. The van der Waals surface area contributed by atoms with Crippen LogP contribution in [0, 0.1) is 0 Å². The molecule has 0 aliphatic carbocycles. The third-order valence-electron chi connectivity index (χ3n) is 7.32. The number of anilines is 1. The van der Waals surface area contributed by atoms with Gasteiger partial charge in [-0.1, -0.05) is 78.9 Å². The number of hydrogen-bond acceptors (Lipinski definition) is 6. The van der Waals surface area contributed by atoms with Gasteiger partial charge in [0.25, 0.3) is 10.0 Å². The molecule has 0 fully saturated rings. The molecule has 0 radical (unpaired) electrons. The maximum atomic E-state index is 14.5. The predicted octanol–water partition coefficient (Wildman–Crippen LogP) is 4.82. The zero-order valence-electron chi connectivity index (χ0n) is 25.3. The Kier molecular flexibility index (Phi) is 10.0. The number of carbonyl (C=O) groups is 2. The van der Waals surface area contributed by atoms with E-state index in [0.29, 0.717) is 24.7 Å². The second-order valence-corrected chi connectivity index (χ2v) is 12.9. The number of hydrogen-bond donors (Lipinski definition) is 1. The van der Waals surface area contributed by atoms with Crippen LogP contribution in [-0.2, 0) is 32.6 Å². The Morgan fingerprint density at radius 2 is 1.36 bits per heavy atom. The Morgan fingerprint density at radius 3 is 1.98 bits per heavy atom. The van der Waals surface area contributed by atoms with Gasteiger partial charge in [0.05, 0.1) is 10.6 Å². The zero-order valence-corrected chi connectivity index (χ0v) is 26.2. The lowest BCUT2D eigenvalue weighted by Crippen LogP contribution is -2.54. The maximum Gasteiger partial charge on any atom is 0.264 e. The first-order valence-electron chi connectivity index (χ1n) is 14.9. The first-order valence-corrected chi connectivity index (χ1v) is 16.3. The standard InChI is InChI=1S/C35H37N3O6S/c1-26(2)36-35(40)31(22-27-12-6-3-7-13-27)37(24-28-14-8-4-9-15-28)34(39)25-38(45(41,42)30-16-10-5-11-17-30)29-18-19-32-33(23-29)44-21-20-43-32/h3-19,23,26,31H,20-22,24-25H2,1-2H3,(H,36,40)/t31-/m1/s1. The van der Waals surface area contributed by atoms with Gasteiger partial charge in [-0.3, -0.25) is 13.9 Å². The highest BCUT2D eigenvalue weighted by atomic mass is 32.2. The van der Waals surface area contributed by atoms with Crippen molar-refractivity contribution in [3.8, 4) is 11.5 Å². The molecule has 45 heavy (non-hydrogen) atoms. The van der Waals surface area contributed by atoms with Gasteiger partial charge >= 0.3 is 0 Å². The Hall–Kier alpha value is -4.83. The first kappa shape index (κ1) is 31.6. The van der Waals surface area contributed by atoms with Crippen molar-refractivity contribution < 1.29 is 27.5 Å². The van der Waals surface area contributed by atoms with Crippen LogP contribution in [0.2, 0.25) is 0 Å². The van der Waals surface area contributed by atoms with Gasteiger partial charge in [-0.15, -0.1) is 0 Å². The van der Waals surface area contributed by atoms with Crippen LogP contribution in [0.1, 0.15) is 25.0 Å². The molecule has 1 heterocycles. The van der Waals surface area contributed by atoms with Crippen LogP contribution in [0.5, 0.6) is 11.5 Å². The number of amides is 2. The maximum absolute atomic E-state index is 14.5. The summed E-state index contributed by atoms with van der Waals surface area (Å²) in [4.78, 5) is 29.8. The van der Waals surface area contributed by atoms with Crippen molar-refractivity contribution >= 4 is 27.5 Å². The molecular formula is C35H37N3O6S. The molecule has 5 rings (SSSR count). The molecule has 0 unspecified atom stereocenters. The highest BCUT2D eigenvalue weighted by Crippen LogP contribution is 2.36. The van der Waals surface area contributed by atoms with E-state index in [9.17, 15) is 18.0 Å². The average Bonchev–Trinajstić information content (AvgIpc) is 3.06. The van der Waals surface area contributed by atoms with E-state index in [2.05, 4.69) is 5.32 Å². The van der Waals surface area contributed by atoms with Crippen molar-refractivity contribution in [1.82, 2.24) is 10.2 Å². The molecule has 1 atom stereocenters. The third kappa shape index (κ3) is 7.82. The second kappa shape index (κ2) is 14.3. The zero-order chi connectivity index (χ0) is 31.8. The van der Waals surface area contributed by atoms with Crippen molar-refractivity contribution in [2.75, 3.05) is 24.1 Å². The quantitative estimate of drug-likeness (QED) is 0.242. The summed E-state index contributed by atoms with van der Waals surface area (Å²) < 4.78 is 40.8. The topological polar surface area (TPSA) is 105 Å². The molecule has 4 aromatic rings. The van der Waals surface area contributed by atoms with E-state index in [0.717, 1.165) is 15.4 Å². The van der Waals surface area contributed by atoms with Crippen molar-refractivity contribution in [3.05, 3.63) is 120 Å². The van der Waals surface area contributed by atoms with Crippen molar-refractivity contribution in [1.29, 1.82) is 0 Å². The Morgan fingerprint density at radius 1 is 0.778 bits per heavy atom. The van der Waals surface area contributed by atoms with E-state index in [1.807, 2.05) is 74.5 Å². The monoisotopic (exact) mass is 627 g/mol. The molecule has 0 aromatic heterocycles. The van der Waals surface area contributed by atoms with Crippen LogP contribution in [-0.4, -0.2) is 57.0 Å². The summed E-state index contributed by atoms with van der Waals surface area (Å²) in [6.07, 6.45) is 0.243. The van der Waals surface area contributed by atoms with Gasteiger partial charge in [-0.2, -0.15) is 0 Å². The van der Waals surface area contributed by atoms with Crippen LogP contribution < -0.4 is 19.1 Å². The molecule has 1 aliphatic heterocycles. The van der Waals surface area contributed by atoms with Crippen LogP contribution >= 0.6 is 0 Å². The number of carbonyl (C=O) groups excluding carboxylic acids is 2. The molecule has 234 valence electrons. The summed E-state index contributed by atoms with van der Waals surface area (Å²) in [6.45, 7) is 3.96. The van der Waals surface area contributed by atoms with Crippen LogP contribution in [0.25, 0.3) is 0 Å². The predicted molar refractivity (Wildman–Crippen MR) is 173 cm³/mol. The second-order valence-electron chi connectivity index (χ2n) is 11.0. The van der Waals surface area contributed by atoms with Gasteiger partial charge in [-0.05, 0) is 49.2 Å². The number of rotatable bonds is 12. The van der Waals surface area contributed by atoms with E-state index in [4.69, 9.17) is 9.47 Å². The van der Waals surface area contributed by atoms with Crippen LogP contribution in [0.3, 0.4) is 0 Å². The highest BCUT2D eigenvalue weighted by molar-refractivity contribution is 7.92. The lowest BCUT2D eigenvalue weighted by atomic mass is 10.0. The fourth-order valence-electron chi connectivity index (χ4n) is 5.15. The van der Waals surface area contributed by atoms with Crippen molar-refractivity contribution in [2.45, 2.75) is 43.8 Å². The SMILES string of the molecule is CC(C)NC(=O)[C@@H](Cc1ccccc1)N(Cc1ccccc1)C(=O)CN(c1ccc2c(c1)OCCO2)S(=O)(=O)c1ccccc1. The number of nitrogens with one attached hydrogen (secondary N) is 1. The van der Waals surface area contributed by atoms with Crippen molar-refractivity contribution in [2.24, 2.45) is 0 Å². The minimum absolute atomic E-state index is 0.0284. The molecular weight excluding hydrogens is 590 g/mol. The normalized spacial score (nSPS) is 13.1. The van der Waals surface area contributed by atoms with Gasteiger partial charge < -0.3 is 19.7 Å². The van der Waals surface area contributed by atoms with Gasteiger partial charge in [-0.25, -0.2) is 8.42 Å². The van der Waals surface area contributed by atoms with E-state index < -0.39 is 28.5 Å². The number of nitrogens with zero attached hydrogens (tertiary/aromatic N) is 2. The number of sulfonamides is 1. The molecule has 4 aromatic carbocycles. The molecule has 10 heteroatoms. The smallest absolute Gasteiger partial charge is 0.264 e. The molecule has 0 saturated heterocycles. The molecule has 1 N–H and O–H groups in total. The van der Waals surface area contributed by atoms with E-state index in [-0.39, 0.29) is 35.5 Å². The Balaban J connectivity index is 1.57. The van der Waals surface area contributed by atoms with Gasteiger partial charge in [0.2, 0.25) is 11.8 Å².